The Morgan fingerprint density at radius 2 is 2.04 bits per heavy atom. The monoisotopic (exact) mass is 329 g/mol. The van der Waals surface area contributed by atoms with E-state index in [-0.39, 0.29) is 0 Å². The molecule has 0 aliphatic carbocycles. The van der Waals surface area contributed by atoms with Crippen molar-refractivity contribution in [3.8, 4) is 0 Å². The maximum atomic E-state index is 4.70. The highest BCUT2D eigenvalue weighted by molar-refractivity contribution is 7.09. The first-order chi connectivity index (χ1) is 11.1. The summed E-state index contributed by atoms with van der Waals surface area (Å²) in [5, 5.41) is 4.29. The Hall–Kier alpha value is -1.95. The van der Waals surface area contributed by atoms with Crippen LogP contribution in [0.1, 0.15) is 31.9 Å². The highest BCUT2D eigenvalue weighted by Gasteiger charge is 2.08. The van der Waals surface area contributed by atoms with E-state index < -0.39 is 0 Å². The van der Waals surface area contributed by atoms with Gasteiger partial charge in [0.1, 0.15) is 11.6 Å². The number of para-hydroxylation sites is 2. The van der Waals surface area contributed by atoms with E-state index in [4.69, 9.17) is 4.98 Å². The van der Waals surface area contributed by atoms with Crippen molar-refractivity contribution in [2.45, 2.75) is 33.1 Å². The first-order valence-electron chi connectivity index (χ1n) is 8.10. The molecule has 2 heterocycles. The van der Waals surface area contributed by atoms with Gasteiger partial charge in [-0.25, -0.2) is 9.97 Å². The summed E-state index contributed by atoms with van der Waals surface area (Å²) in [6.45, 7) is 5.26. The third-order valence-corrected chi connectivity index (χ3v) is 4.50. The Bertz CT molecular complexity index is 774. The summed E-state index contributed by atoms with van der Waals surface area (Å²) in [6.07, 6.45) is 2.92. The van der Waals surface area contributed by atoms with Crippen LogP contribution in [0.25, 0.3) is 11.0 Å². The molecule has 0 aliphatic rings. The zero-order valence-electron chi connectivity index (χ0n) is 13.9. The highest BCUT2D eigenvalue weighted by atomic mass is 32.1. The number of nitrogens with zero attached hydrogens (tertiary/aromatic N) is 4. The largest absolute Gasteiger partial charge is 0.360 e. The number of benzene rings is 1. The van der Waals surface area contributed by atoms with Gasteiger partial charge in [0, 0.05) is 38.0 Å². The van der Waals surface area contributed by atoms with Gasteiger partial charge in [-0.05, 0) is 24.5 Å². The summed E-state index contributed by atoms with van der Waals surface area (Å²) < 4.78 is 6.57. The molecule has 0 spiro atoms. The molecule has 0 radical (unpaired) electrons. The lowest BCUT2D eigenvalue weighted by molar-refractivity contribution is 0.627. The summed E-state index contributed by atoms with van der Waals surface area (Å²) in [4.78, 5) is 9.23. The first kappa shape index (κ1) is 15.9. The predicted octanol–water partition coefficient (Wildman–Crippen LogP) is 3.67. The minimum absolute atomic E-state index is 0.593. The van der Waals surface area contributed by atoms with Gasteiger partial charge in [0.05, 0.1) is 11.0 Å². The van der Waals surface area contributed by atoms with Crippen LogP contribution >= 0.6 is 11.5 Å². The van der Waals surface area contributed by atoms with Gasteiger partial charge in [0.15, 0.2) is 0 Å². The summed E-state index contributed by atoms with van der Waals surface area (Å²) >= 11 is 1.45. The average molecular weight is 329 g/mol. The molecule has 0 saturated heterocycles. The fraction of sp³-hybridized carbons (Fsp3) is 0.471. The van der Waals surface area contributed by atoms with Crippen molar-refractivity contribution in [2.75, 3.05) is 11.9 Å². The molecule has 3 rings (SSSR count). The third-order valence-electron chi connectivity index (χ3n) is 3.79. The first-order valence-corrected chi connectivity index (χ1v) is 8.87. The van der Waals surface area contributed by atoms with Crippen LogP contribution < -0.4 is 5.32 Å². The Morgan fingerprint density at radius 3 is 2.83 bits per heavy atom. The number of aromatic nitrogens is 4. The molecule has 23 heavy (non-hydrogen) atoms. The van der Waals surface area contributed by atoms with E-state index in [1.165, 1.54) is 17.0 Å². The van der Waals surface area contributed by atoms with E-state index >= 15 is 0 Å². The second kappa shape index (κ2) is 7.08. The third kappa shape index (κ3) is 3.88. The SMILES string of the molecule is CC(C)Cc1nsc(NCCCc2nc3ccccc3n2C)n1. The minimum Gasteiger partial charge on any atom is -0.360 e. The zero-order valence-corrected chi connectivity index (χ0v) is 14.7. The van der Waals surface area contributed by atoms with E-state index in [0.29, 0.717) is 5.92 Å². The Kier molecular flexibility index (Phi) is 4.91. The number of fused-ring (bicyclic) bond motifs is 1. The topological polar surface area (TPSA) is 55.6 Å². The quantitative estimate of drug-likeness (QED) is 0.672. The number of imidazole rings is 1. The summed E-state index contributed by atoms with van der Waals surface area (Å²) in [7, 11) is 2.08. The molecule has 1 N–H and O–H groups in total. The van der Waals surface area contributed by atoms with Gasteiger partial charge in [-0.1, -0.05) is 26.0 Å². The van der Waals surface area contributed by atoms with Gasteiger partial charge in [-0.15, -0.1) is 0 Å². The van der Waals surface area contributed by atoms with Crippen LogP contribution in [0, 0.1) is 5.92 Å². The lowest BCUT2D eigenvalue weighted by atomic mass is 10.1. The van der Waals surface area contributed by atoms with E-state index in [9.17, 15) is 0 Å². The molecule has 0 aliphatic heterocycles. The molecule has 2 aromatic heterocycles. The van der Waals surface area contributed by atoms with E-state index in [1.807, 2.05) is 6.07 Å². The fourth-order valence-corrected chi connectivity index (χ4v) is 3.25. The van der Waals surface area contributed by atoms with Crippen molar-refractivity contribution in [3.05, 3.63) is 35.9 Å². The lowest BCUT2D eigenvalue weighted by Crippen LogP contribution is -2.06. The Morgan fingerprint density at radius 1 is 1.22 bits per heavy atom. The second-order valence-corrected chi connectivity index (χ2v) is 6.97. The molecule has 122 valence electrons. The molecular formula is C17H23N5S. The van der Waals surface area contributed by atoms with Crippen LogP contribution in [0.4, 0.5) is 5.13 Å². The van der Waals surface area contributed by atoms with Crippen LogP contribution in [0.2, 0.25) is 0 Å². The normalized spacial score (nSPS) is 11.5. The molecule has 0 saturated carbocycles. The van der Waals surface area contributed by atoms with Gasteiger partial charge in [0.25, 0.3) is 0 Å². The van der Waals surface area contributed by atoms with E-state index in [2.05, 4.69) is 58.3 Å². The summed E-state index contributed by atoms with van der Waals surface area (Å²) in [5.41, 5.74) is 2.26. The van der Waals surface area contributed by atoms with Crippen molar-refractivity contribution in [3.63, 3.8) is 0 Å². The van der Waals surface area contributed by atoms with Gasteiger partial charge in [-0.2, -0.15) is 4.37 Å². The molecule has 5 nitrogen and oxygen atoms in total. The number of rotatable bonds is 7. The van der Waals surface area contributed by atoms with Gasteiger partial charge in [0.2, 0.25) is 5.13 Å². The van der Waals surface area contributed by atoms with Crippen LogP contribution in [0.5, 0.6) is 0 Å². The molecule has 0 unspecified atom stereocenters. The molecule has 6 heteroatoms. The number of hydrogen-bond acceptors (Lipinski definition) is 5. The number of hydrogen-bond donors (Lipinski definition) is 1. The molecule has 0 bridgehead atoms. The second-order valence-electron chi connectivity index (χ2n) is 6.22. The van der Waals surface area contributed by atoms with E-state index in [0.717, 1.165) is 48.1 Å². The average Bonchev–Trinajstić information content (AvgIpc) is 3.09. The van der Waals surface area contributed by atoms with Crippen molar-refractivity contribution in [1.82, 2.24) is 18.9 Å². The highest BCUT2D eigenvalue weighted by Crippen LogP contribution is 2.16. The van der Waals surface area contributed by atoms with Crippen LogP contribution in [0.15, 0.2) is 24.3 Å². The summed E-state index contributed by atoms with van der Waals surface area (Å²) in [6, 6.07) is 8.26. The van der Waals surface area contributed by atoms with Crippen molar-refractivity contribution < 1.29 is 0 Å². The maximum Gasteiger partial charge on any atom is 0.202 e. The molecule has 0 fully saturated rings. The maximum absolute atomic E-state index is 4.70. The van der Waals surface area contributed by atoms with Gasteiger partial charge < -0.3 is 9.88 Å². The molecule has 1 aromatic carbocycles. The Balaban J connectivity index is 1.51. The van der Waals surface area contributed by atoms with Crippen molar-refractivity contribution >= 4 is 27.7 Å². The van der Waals surface area contributed by atoms with Crippen LogP contribution in [-0.2, 0) is 19.9 Å². The zero-order chi connectivity index (χ0) is 16.2. The fourth-order valence-electron chi connectivity index (χ4n) is 2.63. The van der Waals surface area contributed by atoms with Crippen molar-refractivity contribution in [1.29, 1.82) is 0 Å². The van der Waals surface area contributed by atoms with Crippen LogP contribution in [-0.4, -0.2) is 25.5 Å². The van der Waals surface area contributed by atoms with E-state index in [1.54, 1.807) is 0 Å². The van der Waals surface area contributed by atoms with Crippen molar-refractivity contribution in [2.24, 2.45) is 13.0 Å². The lowest BCUT2D eigenvalue weighted by Gasteiger charge is -2.03. The standard InChI is InChI=1S/C17H23N5S/c1-12(2)11-15-20-17(23-21-15)18-10-6-9-16-19-13-7-4-5-8-14(13)22(16)3/h4-5,7-8,12H,6,9-11H2,1-3H3,(H,18,20,21). The molecule has 3 aromatic rings. The van der Waals surface area contributed by atoms with Gasteiger partial charge >= 0.3 is 0 Å². The Labute approximate surface area is 140 Å². The minimum atomic E-state index is 0.593. The molecule has 0 atom stereocenters. The molecular weight excluding hydrogens is 306 g/mol. The smallest absolute Gasteiger partial charge is 0.202 e. The number of aryl methyl sites for hydroxylation is 2. The molecule has 0 amide bonds. The van der Waals surface area contributed by atoms with Crippen LogP contribution in [0.3, 0.4) is 0 Å². The predicted molar refractivity (Wildman–Crippen MR) is 96.0 cm³/mol. The summed E-state index contributed by atoms with van der Waals surface area (Å²) in [5.74, 6) is 2.67. The van der Waals surface area contributed by atoms with Gasteiger partial charge in [-0.3, -0.25) is 0 Å². The number of anilines is 1. The number of nitrogens with one attached hydrogen (secondary N) is 1.